The van der Waals surface area contributed by atoms with Crippen LogP contribution in [0.3, 0.4) is 0 Å². The van der Waals surface area contributed by atoms with E-state index < -0.39 is 0 Å². The van der Waals surface area contributed by atoms with Crippen molar-refractivity contribution in [1.29, 1.82) is 0 Å². The maximum absolute atomic E-state index is 9.63. The SMILES string of the molecule is Cl.N[C@H](CCCO)c1c(O)cc(Cl)cc1Cl. The monoisotopic (exact) mass is 285 g/mol. The van der Waals surface area contributed by atoms with Gasteiger partial charge in [0.2, 0.25) is 0 Å². The Morgan fingerprint density at radius 1 is 1.31 bits per heavy atom. The smallest absolute Gasteiger partial charge is 0.123 e. The minimum absolute atomic E-state index is 0. The van der Waals surface area contributed by atoms with Gasteiger partial charge in [0.1, 0.15) is 5.75 Å². The highest BCUT2D eigenvalue weighted by atomic mass is 35.5. The lowest BCUT2D eigenvalue weighted by atomic mass is 10.0. The van der Waals surface area contributed by atoms with E-state index in [9.17, 15) is 5.11 Å². The minimum Gasteiger partial charge on any atom is -0.508 e. The van der Waals surface area contributed by atoms with E-state index in [1.807, 2.05) is 0 Å². The Bertz CT molecular complexity index is 324. The van der Waals surface area contributed by atoms with Gasteiger partial charge in [-0.15, -0.1) is 12.4 Å². The first-order chi connectivity index (χ1) is 7.06. The third-order valence-corrected chi connectivity index (χ3v) is 2.65. The zero-order chi connectivity index (χ0) is 11.4. The molecule has 1 rings (SSSR count). The van der Waals surface area contributed by atoms with Crippen LogP contribution in [0.5, 0.6) is 5.75 Å². The van der Waals surface area contributed by atoms with Crippen LogP contribution >= 0.6 is 35.6 Å². The molecule has 1 aromatic rings. The number of phenols is 1. The molecule has 0 heterocycles. The Balaban J connectivity index is 0.00000225. The summed E-state index contributed by atoms with van der Waals surface area (Å²) in [5.74, 6) is -0.00191. The first kappa shape index (κ1) is 15.8. The second kappa shape index (κ2) is 7.20. The fourth-order valence-corrected chi connectivity index (χ4v) is 2.02. The molecule has 1 atom stereocenters. The molecule has 0 saturated heterocycles. The lowest BCUT2D eigenvalue weighted by Crippen LogP contribution is -2.11. The van der Waals surface area contributed by atoms with Crippen LogP contribution in [0.2, 0.25) is 10.0 Å². The molecule has 0 unspecified atom stereocenters. The molecule has 0 aliphatic rings. The number of rotatable bonds is 4. The summed E-state index contributed by atoms with van der Waals surface area (Å²) in [6, 6.07) is 2.56. The highest BCUT2D eigenvalue weighted by Crippen LogP contribution is 2.35. The van der Waals surface area contributed by atoms with Gasteiger partial charge in [-0.3, -0.25) is 0 Å². The number of benzene rings is 1. The van der Waals surface area contributed by atoms with Crippen LogP contribution in [-0.4, -0.2) is 16.8 Å². The number of aliphatic hydroxyl groups is 1. The number of aromatic hydroxyl groups is 1. The number of phenolic OH excluding ortho intramolecular Hbond substituents is 1. The molecule has 0 aliphatic carbocycles. The summed E-state index contributed by atoms with van der Waals surface area (Å²) in [6.45, 7) is 0.0691. The first-order valence-electron chi connectivity index (χ1n) is 4.60. The molecule has 6 heteroatoms. The predicted molar refractivity (Wildman–Crippen MR) is 68.6 cm³/mol. The van der Waals surface area contributed by atoms with E-state index in [0.29, 0.717) is 28.5 Å². The molecule has 0 radical (unpaired) electrons. The molecule has 0 bridgehead atoms. The summed E-state index contributed by atoms with van der Waals surface area (Å²) in [6.07, 6.45) is 1.13. The Kier molecular flexibility index (Phi) is 7.11. The van der Waals surface area contributed by atoms with Gasteiger partial charge in [-0.1, -0.05) is 23.2 Å². The highest BCUT2D eigenvalue weighted by Gasteiger charge is 2.15. The molecular weight excluding hydrogens is 272 g/mol. The van der Waals surface area contributed by atoms with Gasteiger partial charge in [-0.25, -0.2) is 0 Å². The zero-order valence-corrected chi connectivity index (χ0v) is 10.8. The van der Waals surface area contributed by atoms with Gasteiger partial charge in [0.25, 0.3) is 0 Å². The molecule has 0 aliphatic heterocycles. The van der Waals surface area contributed by atoms with Crippen molar-refractivity contribution in [3.63, 3.8) is 0 Å². The molecule has 4 N–H and O–H groups in total. The Labute approximate surface area is 111 Å². The summed E-state index contributed by atoms with van der Waals surface area (Å²) >= 11 is 11.6. The molecule has 1 aromatic carbocycles. The molecule has 92 valence electrons. The van der Waals surface area contributed by atoms with E-state index in [0.717, 1.165) is 0 Å². The minimum atomic E-state index is -0.387. The van der Waals surface area contributed by atoms with Crippen LogP contribution in [0.15, 0.2) is 12.1 Å². The van der Waals surface area contributed by atoms with Crippen LogP contribution in [0.25, 0.3) is 0 Å². The van der Waals surface area contributed by atoms with Crippen molar-refractivity contribution < 1.29 is 10.2 Å². The second-order valence-electron chi connectivity index (χ2n) is 3.29. The van der Waals surface area contributed by atoms with Crippen molar-refractivity contribution in [1.82, 2.24) is 0 Å². The summed E-state index contributed by atoms with van der Waals surface area (Å²) in [5.41, 5.74) is 6.32. The topological polar surface area (TPSA) is 66.5 Å². The van der Waals surface area contributed by atoms with Crippen molar-refractivity contribution >= 4 is 35.6 Å². The lowest BCUT2D eigenvalue weighted by Gasteiger charge is -2.15. The number of hydrogen-bond acceptors (Lipinski definition) is 3. The van der Waals surface area contributed by atoms with Gasteiger partial charge < -0.3 is 15.9 Å². The van der Waals surface area contributed by atoms with Crippen LogP contribution in [0.1, 0.15) is 24.4 Å². The van der Waals surface area contributed by atoms with Gasteiger partial charge in [-0.2, -0.15) is 0 Å². The summed E-state index contributed by atoms with van der Waals surface area (Å²) in [7, 11) is 0. The van der Waals surface area contributed by atoms with Gasteiger partial charge >= 0.3 is 0 Å². The maximum atomic E-state index is 9.63. The summed E-state index contributed by atoms with van der Waals surface area (Å²) in [5, 5.41) is 19.0. The van der Waals surface area contributed by atoms with E-state index in [1.54, 1.807) is 0 Å². The Hall–Kier alpha value is -0.190. The Morgan fingerprint density at radius 2 is 1.94 bits per heavy atom. The summed E-state index contributed by atoms with van der Waals surface area (Å²) in [4.78, 5) is 0. The third-order valence-electron chi connectivity index (χ3n) is 2.12. The standard InChI is InChI=1S/C10H13Cl2NO2.ClH/c11-6-4-7(12)10(9(15)5-6)8(13)2-1-3-14;/h4-5,8,14-15H,1-3,13H2;1H/t8-;/m1./s1. The van der Waals surface area contributed by atoms with E-state index in [-0.39, 0.29) is 30.8 Å². The van der Waals surface area contributed by atoms with E-state index in [1.165, 1.54) is 12.1 Å². The summed E-state index contributed by atoms with van der Waals surface area (Å²) < 4.78 is 0. The van der Waals surface area contributed by atoms with Crippen LogP contribution < -0.4 is 5.73 Å². The van der Waals surface area contributed by atoms with Gasteiger partial charge in [0, 0.05) is 23.2 Å². The van der Waals surface area contributed by atoms with Crippen molar-refractivity contribution in [3.8, 4) is 5.75 Å². The number of hydrogen-bond donors (Lipinski definition) is 3. The zero-order valence-electron chi connectivity index (χ0n) is 8.49. The maximum Gasteiger partial charge on any atom is 0.123 e. The molecule has 0 aromatic heterocycles. The van der Waals surface area contributed by atoms with Crippen molar-refractivity contribution in [2.24, 2.45) is 5.73 Å². The molecule has 0 saturated carbocycles. The van der Waals surface area contributed by atoms with Crippen molar-refractivity contribution in [2.75, 3.05) is 6.61 Å². The van der Waals surface area contributed by atoms with Gasteiger partial charge in [0.15, 0.2) is 0 Å². The van der Waals surface area contributed by atoms with Crippen LogP contribution in [0, 0.1) is 0 Å². The molecule has 0 amide bonds. The second-order valence-corrected chi connectivity index (χ2v) is 4.14. The van der Waals surface area contributed by atoms with E-state index >= 15 is 0 Å². The van der Waals surface area contributed by atoms with Gasteiger partial charge in [-0.05, 0) is 25.0 Å². The van der Waals surface area contributed by atoms with E-state index in [4.69, 9.17) is 34.0 Å². The van der Waals surface area contributed by atoms with Crippen LogP contribution in [0.4, 0.5) is 0 Å². The average molecular weight is 287 g/mol. The quantitative estimate of drug-likeness (QED) is 0.797. The fraction of sp³-hybridized carbons (Fsp3) is 0.400. The first-order valence-corrected chi connectivity index (χ1v) is 5.36. The fourth-order valence-electron chi connectivity index (χ4n) is 1.39. The normalized spacial score (nSPS) is 12.0. The predicted octanol–water partition coefficient (Wildman–Crippen LogP) is 2.89. The number of halogens is 3. The molecule has 3 nitrogen and oxygen atoms in total. The third kappa shape index (κ3) is 4.00. The van der Waals surface area contributed by atoms with Crippen molar-refractivity contribution in [3.05, 3.63) is 27.7 Å². The average Bonchev–Trinajstić information content (AvgIpc) is 2.12. The lowest BCUT2D eigenvalue weighted by molar-refractivity contribution is 0.279. The largest absolute Gasteiger partial charge is 0.508 e. The van der Waals surface area contributed by atoms with Gasteiger partial charge in [0.05, 0.1) is 5.02 Å². The van der Waals surface area contributed by atoms with Crippen LogP contribution in [-0.2, 0) is 0 Å². The number of aliphatic hydroxyl groups excluding tert-OH is 1. The molecule has 16 heavy (non-hydrogen) atoms. The van der Waals surface area contributed by atoms with E-state index in [2.05, 4.69) is 0 Å². The van der Waals surface area contributed by atoms with Crippen molar-refractivity contribution in [2.45, 2.75) is 18.9 Å². The highest BCUT2D eigenvalue weighted by molar-refractivity contribution is 6.35. The molecule has 0 spiro atoms. The Morgan fingerprint density at radius 3 is 2.44 bits per heavy atom. The number of nitrogens with two attached hydrogens (primary N) is 1. The molecule has 0 fully saturated rings. The molecular formula is C10H14Cl3NO2.